The zero-order valence-electron chi connectivity index (χ0n) is 13.8. The van der Waals surface area contributed by atoms with Crippen LogP contribution >= 0.6 is 0 Å². The molecule has 1 fully saturated rings. The summed E-state index contributed by atoms with van der Waals surface area (Å²) in [6, 6.07) is 0.535. The summed E-state index contributed by atoms with van der Waals surface area (Å²) in [5.41, 5.74) is 7.22. The second-order valence-corrected chi connectivity index (χ2v) is 6.22. The van der Waals surface area contributed by atoms with Crippen molar-refractivity contribution in [2.75, 3.05) is 0 Å². The van der Waals surface area contributed by atoms with Crippen molar-refractivity contribution in [1.29, 1.82) is 0 Å². The van der Waals surface area contributed by atoms with E-state index in [1.54, 1.807) is 0 Å². The second kappa shape index (κ2) is 8.62. The van der Waals surface area contributed by atoms with Gasteiger partial charge in [0.05, 0.1) is 11.9 Å². The minimum absolute atomic E-state index is 0.535. The molecule has 120 valence electrons. The highest BCUT2D eigenvalue weighted by molar-refractivity contribution is 5.87. The van der Waals surface area contributed by atoms with Gasteiger partial charge in [0.1, 0.15) is 0 Å². The molecule has 0 aromatic rings. The lowest BCUT2D eigenvalue weighted by Gasteiger charge is -2.24. The number of allylic oxidation sites excluding steroid dienone is 3. The van der Waals surface area contributed by atoms with Gasteiger partial charge in [0.2, 0.25) is 0 Å². The van der Waals surface area contributed by atoms with Crippen LogP contribution in [0.1, 0.15) is 58.3 Å². The molecule has 1 aliphatic carbocycles. The molecule has 0 aromatic carbocycles. The lowest BCUT2D eigenvalue weighted by molar-refractivity contribution is 0.504. The van der Waals surface area contributed by atoms with Crippen LogP contribution < -0.4 is 10.7 Å². The molecule has 22 heavy (non-hydrogen) atoms. The Morgan fingerprint density at radius 1 is 1.32 bits per heavy atom. The largest absolute Gasteiger partial charge is 0.381 e. The summed E-state index contributed by atoms with van der Waals surface area (Å²) in [6.45, 7) is 10.7. The topological polar surface area (TPSA) is 36.4 Å². The summed E-state index contributed by atoms with van der Waals surface area (Å²) in [5, 5.41) is 8.00. The fourth-order valence-electron chi connectivity index (χ4n) is 3.11. The molecule has 2 rings (SSSR count). The van der Waals surface area contributed by atoms with E-state index in [1.807, 2.05) is 18.5 Å². The van der Waals surface area contributed by atoms with Gasteiger partial charge in [0, 0.05) is 17.8 Å². The first kappa shape index (κ1) is 16.6. The van der Waals surface area contributed by atoms with Crippen LogP contribution in [-0.4, -0.2) is 12.3 Å². The summed E-state index contributed by atoms with van der Waals surface area (Å²) in [4.78, 5) is 0. The van der Waals surface area contributed by atoms with Crippen LogP contribution in [0.3, 0.4) is 0 Å². The quantitative estimate of drug-likeness (QED) is 0.730. The van der Waals surface area contributed by atoms with Crippen LogP contribution in [-0.2, 0) is 0 Å². The fraction of sp³-hybridized carbons (Fsp3) is 0.526. The average molecular weight is 299 g/mol. The smallest absolute Gasteiger partial charge is 0.0568 e. The lowest BCUT2D eigenvalue weighted by Crippen LogP contribution is -2.30. The van der Waals surface area contributed by atoms with Crippen molar-refractivity contribution in [3.63, 3.8) is 0 Å². The molecular weight excluding hydrogens is 270 g/mol. The number of hydrogen-bond donors (Lipinski definition) is 2. The van der Waals surface area contributed by atoms with Gasteiger partial charge in [-0.05, 0) is 36.5 Å². The molecule has 3 nitrogen and oxygen atoms in total. The van der Waals surface area contributed by atoms with Crippen LogP contribution in [0.2, 0.25) is 0 Å². The normalized spacial score (nSPS) is 26.3. The summed E-state index contributed by atoms with van der Waals surface area (Å²) in [5.74, 6) is 0. The zero-order valence-corrected chi connectivity index (χ0v) is 13.8. The third-order valence-corrected chi connectivity index (χ3v) is 4.35. The standard InChI is InChI=1S/C19H29N3/c1-4-9-15(2)18-14-21-20-13-12-16(3)19(18)22-17-10-7-5-6-8-11-17/h12-14,17,20,22H,2-11H2,1H3/b13-12-,19-18-,21-14-. The molecule has 0 spiro atoms. The number of nitrogens with zero attached hydrogens (tertiary/aromatic N) is 1. The van der Waals surface area contributed by atoms with Crippen molar-refractivity contribution in [3.05, 3.63) is 47.9 Å². The van der Waals surface area contributed by atoms with E-state index in [1.165, 1.54) is 38.5 Å². The Morgan fingerprint density at radius 2 is 2.05 bits per heavy atom. The second-order valence-electron chi connectivity index (χ2n) is 6.22. The van der Waals surface area contributed by atoms with Crippen molar-refractivity contribution in [2.24, 2.45) is 5.10 Å². The van der Waals surface area contributed by atoms with Crippen LogP contribution in [0.15, 0.2) is 53.0 Å². The number of rotatable bonds is 5. The van der Waals surface area contributed by atoms with Gasteiger partial charge >= 0.3 is 0 Å². The molecular formula is C19H29N3. The van der Waals surface area contributed by atoms with Crippen LogP contribution in [0.4, 0.5) is 0 Å². The Morgan fingerprint density at radius 3 is 2.73 bits per heavy atom. The molecule has 0 bridgehead atoms. The minimum atomic E-state index is 0.535. The van der Waals surface area contributed by atoms with E-state index in [0.717, 1.165) is 35.3 Å². The third-order valence-electron chi connectivity index (χ3n) is 4.35. The molecule has 1 aliphatic heterocycles. The van der Waals surface area contributed by atoms with Crippen LogP contribution in [0, 0.1) is 0 Å². The molecule has 0 amide bonds. The number of hydrogen-bond acceptors (Lipinski definition) is 3. The van der Waals surface area contributed by atoms with Gasteiger partial charge in [-0.15, -0.1) is 0 Å². The van der Waals surface area contributed by atoms with E-state index in [0.29, 0.717) is 6.04 Å². The van der Waals surface area contributed by atoms with Gasteiger partial charge < -0.3 is 5.32 Å². The Balaban J connectivity index is 2.27. The SMILES string of the molecule is C=C(CCC)C1=C(\NC2CCCCCC2)C(=C)/C=C\N/N=C\1. The first-order chi connectivity index (χ1) is 10.7. The Kier molecular flexibility index (Phi) is 6.50. The van der Waals surface area contributed by atoms with Crippen molar-refractivity contribution in [1.82, 2.24) is 10.7 Å². The summed E-state index contributed by atoms with van der Waals surface area (Å²) in [6.07, 6.45) is 15.6. The van der Waals surface area contributed by atoms with Crippen molar-refractivity contribution >= 4 is 6.21 Å². The maximum Gasteiger partial charge on any atom is 0.0568 e. The van der Waals surface area contributed by atoms with Crippen LogP contribution in [0.5, 0.6) is 0 Å². The molecule has 1 saturated carbocycles. The molecule has 0 aromatic heterocycles. The fourth-order valence-corrected chi connectivity index (χ4v) is 3.11. The van der Waals surface area contributed by atoms with Gasteiger partial charge in [-0.2, -0.15) is 5.10 Å². The maximum absolute atomic E-state index is 4.25. The highest BCUT2D eigenvalue weighted by Crippen LogP contribution is 2.24. The lowest BCUT2D eigenvalue weighted by atomic mass is 9.97. The first-order valence-corrected chi connectivity index (χ1v) is 8.55. The summed E-state index contributed by atoms with van der Waals surface area (Å²) >= 11 is 0. The first-order valence-electron chi connectivity index (χ1n) is 8.55. The van der Waals surface area contributed by atoms with E-state index >= 15 is 0 Å². The molecule has 1 heterocycles. The van der Waals surface area contributed by atoms with E-state index in [4.69, 9.17) is 0 Å². The van der Waals surface area contributed by atoms with Gasteiger partial charge in [-0.25, -0.2) is 0 Å². The number of hydrazone groups is 1. The van der Waals surface area contributed by atoms with Gasteiger partial charge in [-0.1, -0.05) is 52.2 Å². The van der Waals surface area contributed by atoms with Gasteiger partial charge in [0.15, 0.2) is 0 Å². The third kappa shape index (κ3) is 4.62. The molecule has 3 heteroatoms. The molecule has 0 saturated heterocycles. The highest BCUT2D eigenvalue weighted by atomic mass is 15.3. The van der Waals surface area contributed by atoms with E-state index in [2.05, 4.69) is 35.9 Å². The molecule has 0 radical (unpaired) electrons. The van der Waals surface area contributed by atoms with Crippen molar-refractivity contribution in [3.8, 4) is 0 Å². The minimum Gasteiger partial charge on any atom is -0.381 e. The monoisotopic (exact) mass is 299 g/mol. The van der Waals surface area contributed by atoms with E-state index in [9.17, 15) is 0 Å². The summed E-state index contributed by atoms with van der Waals surface area (Å²) in [7, 11) is 0. The van der Waals surface area contributed by atoms with E-state index in [-0.39, 0.29) is 0 Å². The predicted octanol–water partition coefficient (Wildman–Crippen LogP) is 4.57. The highest BCUT2D eigenvalue weighted by Gasteiger charge is 2.17. The van der Waals surface area contributed by atoms with Crippen molar-refractivity contribution < 1.29 is 0 Å². The Hall–Kier alpha value is -1.77. The van der Waals surface area contributed by atoms with Gasteiger partial charge in [0.25, 0.3) is 0 Å². The molecule has 2 N–H and O–H groups in total. The van der Waals surface area contributed by atoms with Crippen LogP contribution in [0.25, 0.3) is 0 Å². The number of nitrogens with one attached hydrogen (secondary N) is 2. The average Bonchev–Trinajstić information content (AvgIpc) is 2.76. The molecule has 2 aliphatic rings. The van der Waals surface area contributed by atoms with Crippen molar-refractivity contribution in [2.45, 2.75) is 64.3 Å². The van der Waals surface area contributed by atoms with E-state index < -0.39 is 0 Å². The summed E-state index contributed by atoms with van der Waals surface area (Å²) < 4.78 is 0. The molecule has 0 unspecified atom stereocenters. The predicted molar refractivity (Wildman–Crippen MR) is 95.6 cm³/mol. The Bertz CT molecular complexity index is 489. The maximum atomic E-state index is 4.25. The zero-order chi connectivity index (χ0) is 15.8. The van der Waals surface area contributed by atoms with Gasteiger partial charge in [-0.3, -0.25) is 5.43 Å². The Labute approximate surface area is 135 Å². The molecule has 0 atom stereocenters.